The molecule has 4 nitrogen and oxygen atoms in total. The van der Waals surface area contributed by atoms with Crippen molar-refractivity contribution in [3.63, 3.8) is 0 Å². The highest BCUT2D eigenvalue weighted by Gasteiger charge is 2.52. The molecular formula is C13H20N2O2. The molecule has 0 aromatic carbocycles. The molecule has 3 N–H and O–H groups in total. The number of hydrogen-bond acceptors (Lipinski definition) is 3. The van der Waals surface area contributed by atoms with Gasteiger partial charge in [-0.3, -0.25) is 4.79 Å². The summed E-state index contributed by atoms with van der Waals surface area (Å²) in [5.74, 6) is 3.08. The van der Waals surface area contributed by atoms with Crippen LogP contribution in [0.15, 0.2) is 0 Å². The fourth-order valence-electron chi connectivity index (χ4n) is 2.70. The number of carbonyl (C=O) groups excluding carboxylic acids is 1. The summed E-state index contributed by atoms with van der Waals surface area (Å²) in [4.78, 5) is 11.7. The lowest BCUT2D eigenvalue weighted by molar-refractivity contribution is -0.125. The summed E-state index contributed by atoms with van der Waals surface area (Å²) in [5.41, 5.74) is 6.01. The summed E-state index contributed by atoms with van der Waals surface area (Å²) in [5, 5.41) is 2.97. The number of unbranched alkanes of at least 4 members (excludes halogenated alkanes) is 2. The van der Waals surface area contributed by atoms with Gasteiger partial charge in [-0.15, -0.1) is 12.3 Å². The molecule has 1 aliphatic heterocycles. The standard InChI is InChI=1S/C13H20N2O2/c1-2-3-4-5-6-10(16)15-12-11(14)9-7-8-17-13(9)12/h1,9,11-13H,3-8,14H2,(H,15,16). The summed E-state index contributed by atoms with van der Waals surface area (Å²) in [6.45, 7) is 0.775. The van der Waals surface area contributed by atoms with E-state index in [2.05, 4.69) is 11.2 Å². The van der Waals surface area contributed by atoms with E-state index >= 15 is 0 Å². The molecule has 0 radical (unpaired) electrons. The normalized spacial score (nSPS) is 34.6. The van der Waals surface area contributed by atoms with E-state index in [1.165, 1.54) is 0 Å². The fourth-order valence-corrected chi connectivity index (χ4v) is 2.70. The Labute approximate surface area is 102 Å². The molecule has 0 bridgehead atoms. The minimum absolute atomic E-state index is 0.0163. The van der Waals surface area contributed by atoms with E-state index in [1.807, 2.05) is 0 Å². The van der Waals surface area contributed by atoms with Crippen LogP contribution in [0.5, 0.6) is 0 Å². The predicted octanol–water partition coefficient (Wildman–Crippen LogP) is 0.411. The van der Waals surface area contributed by atoms with Gasteiger partial charge >= 0.3 is 0 Å². The molecule has 2 rings (SSSR count). The van der Waals surface area contributed by atoms with E-state index in [-0.39, 0.29) is 24.1 Å². The van der Waals surface area contributed by atoms with Crippen LogP contribution in [0, 0.1) is 18.3 Å². The Balaban J connectivity index is 1.67. The van der Waals surface area contributed by atoms with Gasteiger partial charge in [-0.25, -0.2) is 0 Å². The van der Waals surface area contributed by atoms with E-state index in [0.29, 0.717) is 12.3 Å². The Bertz CT molecular complexity index is 324. The molecule has 17 heavy (non-hydrogen) atoms. The zero-order chi connectivity index (χ0) is 12.3. The van der Waals surface area contributed by atoms with Gasteiger partial charge in [0.05, 0.1) is 12.1 Å². The Morgan fingerprint density at radius 2 is 2.35 bits per heavy atom. The van der Waals surface area contributed by atoms with Crippen molar-refractivity contribution in [1.29, 1.82) is 0 Å². The highest BCUT2D eigenvalue weighted by atomic mass is 16.5. The molecule has 0 aromatic rings. The van der Waals surface area contributed by atoms with E-state index < -0.39 is 0 Å². The molecule has 94 valence electrons. The average Bonchev–Trinajstić information content (AvgIpc) is 2.76. The molecule has 4 unspecified atom stereocenters. The first-order chi connectivity index (χ1) is 8.24. The zero-order valence-corrected chi connectivity index (χ0v) is 10.0. The lowest BCUT2D eigenvalue weighted by Gasteiger charge is -2.45. The molecule has 1 amide bonds. The second-order valence-electron chi connectivity index (χ2n) is 4.87. The van der Waals surface area contributed by atoms with Crippen molar-refractivity contribution in [2.45, 2.75) is 50.3 Å². The second kappa shape index (κ2) is 5.52. The molecule has 1 saturated heterocycles. The van der Waals surface area contributed by atoms with Crippen LogP contribution in [-0.4, -0.2) is 30.7 Å². The van der Waals surface area contributed by atoms with Crippen molar-refractivity contribution in [2.75, 3.05) is 6.61 Å². The van der Waals surface area contributed by atoms with E-state index in [0.717, 1.165) is 32.3 Å². The van der Waals surface area contributed by atoms with Crippen LogP contribution >= 0.6 is 0 Å². The van der Waals surface area contributed by atoms with Crippen LogP contribution < -0.4 is 11.1 Å². The maximum absolute atomic E-state index is 11.7. The Kier molecular flexibility index (Phi) is 4.03. The summed E-state index contributed by atoms with van der Waals surface area (Å²) in [7, 11) is 0. The number of hydrogen-bond donors (Lipinski definition) is 2. The third-order valence-electron chi connectivity index (χ3n) is 3.75. The van der Waals surface area contributed by atoms with Crippen LogP contribution in [0.4, 0.5) is 0 Å². The van der Waals surface area contributed by atoms with Crippen LogP contribution in [0.2, 0.25) is 0 Å². The van der Waals surface area contributed by atoms with Gasteiger partial charge in [-0.2, -0.15) is 0 Å². The van der Waals surface area contributed by atoms with Crippen molar-refractivity contribution < 1.29 is 9.53 Å². The minimum Gasteiger partial charge on any atom is -0.376 e. The molecule has 1 saturated carbocycles. The number of fused-ring (bicyclic) bond motifs is 1. The van der Waals surface area contributed by atoms with Gasteiger partial charge in [0.1, 0.15) is 0 Å². The fraction of sp³-hybridized carbons (Fsp3) is 0.769. The third kappa shape index (κ3) is 2.62. The van der Waals surface area contributed by atoms with Crippen molar-refractivity contribution in [1.82, 2.24) is 5.32 Å². The Morgan fingerprint density at radius 3 is 3.12 bits per heavy atom. The number of nitrogens with one attached hydrogen (secondary N) is 1. The molecule has 1 aliphatic carbocycles. The smallest absolute Gasteiger partial charge is 0.220 e. The summed E-state index contributed by atoms with van der Waals surface area (Å²) in [6, 6.07) is 0.0831. The van der Waals surface area contributed by atoms with Gasteiger partial charge in [-0.1, -0.05) is 0 Å². The maximum Gasteiger partial charge on any atom is 0.220 e. The zero-order valence-electron chi connectivity index (χ0n) is 10.0. The van der Waals surface area contributed by atoms with Crippen molar-refractivity contribution in [3.05, 3.63) is 0 Å². The van der Waals surface area contributed by atoms with E-state index in [4.69, 9.17) is 16.9 Å². The van der Waals surface area contributed by atoms with Gasteiger partial charge in [0, 0.05) is 31.4 Å². The first-order valence-corrected chi connectivity index (χ1v) is 6.34. The van der Waals surface area contributed by atoms with Gasteiger partial charge in [0.15, 0.2) is 0 Å². The Morgan fingerprint density at radius 1 is 1.53 bits per heavy atom. The van der Waals surface area contributed by atoms with Crippen LogP contribution in [-0.2, 0) is 9.53 Å². The van der Waals surface area contributed by atoms with Gasteiger partial charge in [0.2, 0.25) is 5.91 Å². The minimum atomic E-state index is 0.0163. The third-order valence-corrected chi connectivity index (χ3v) is 3.75. The number of carbonyl (C=O) groups is 1. The molecule has 0 aromatic heterocycles. The molecule has 0 spiro atoms. The quantitative estimate of drug-likeness (QED) is 0.537. The number of ether oxygens (including phenoxy) is 1. The lowest BCUT2D eigenvalue weighted by Crippen LogP contribution is -2.68. The first kappa shape index (κ1) is 12.4. The van der Waals surface area contributed by atoms with Crippen LogP contribution in [0.25, 0.3) is 0 Å². The number of rotatable bonds is 5. The maximum atomic E-state index is 11.7. The van der Waals surface area contributed by atoms with Crippen molar-refractivity contribution in [3.8, 4) is 12.3 Å². The van der Waals surface area contributed by atoms with Crippen LogP contribution in [0.1, 0.15) is 32.1 Å². The molecule has 4 atom stereocenters. The van der Waals surface area contributed by atoms with E-state index in [1.54, 1.807) is 0 Å². The first-order valence-electron chi connectivity index (χ1n) is 6.34. The van der Waals surface area contributed by atoms with Crippen molar-refractivity contribution in [2.24, 2.45) is 11.7 Å². The summed E-state index contributed by atoms with van der Waals surface area (Å²) in [6.07, 6.45) is 9.35. The van der Waals surface area contributed by atoms with Gasteiger partial charge in [0.25, 0.3) is 0 Å². The lowest BCUT2D eigenvalue weighted by atomic mass is 9.72. The Hall–Kier alpha value is -1.05. The SMILES string of the molecule is C#CCCCCC(=O)NC1C(N)C2CCOC21. The van der Waals surface area contributed by atoms with Crippen LogP contribution in [0.3, 0.4) is 0 Å². The number of terminal acetylenes is 1. The predicted molar refractivity (Wildman–Crippen MR) is 65.1 cm³/mol. The molecule has 1 heterocycles. The molecular weight excluding hydrogens is 216 g/mol. The molecule has 4 heteroatoms. The second-order valence-corrected chi connectivity index (χ2v) is 4.87. The molecule has 2 aliphatic rings. The summed E-state index contributed by atoms with van der Waals surface area (Å²) < 4.78 is 5.56. The highest BCUT2D eigenvalue weighted by Crippen LogP contribution is 2.37. The topological polar surface area (TPSA) is 64.4 Å². The molecule has 2 fully saturated rings. The van der Waals surface area contributed by atoms with Gasteiger partial charge < -0.3 is 15.8 Å². The number of amides is 1. The highest BCUT2D eigenvalue weighted by molar-refractivity contribution is 5.76. The largest absolute Gasteiger partial charge is 0.376 e. The monoisotopic (exact) mass is 236 g/mol. The number of nitrogens with two attached hydrogens (primary N) is 1. The van der Waals surface area contributed by atoms with Gasteiger partial charge in [-0.05, 0) is 19.3 Å². The van der Waals surface area contributed by atoms with Crippen molar-refractivity contribution >= 4 is 5.91 Å². The average molecular weight is 236 g/mol. The summed E-state index contributed by atoms with van der Waals surface area (Å²) >= 11 is 0. The van der Waals surface area contributed by atoms with E-state index in [9.17, 15) is 4.79 Å².